The van der Waals surface area contributed by atoms with Crippen molar-refractivity contribution < 1.29 is 22.7 Å². The van der Waals surface area contributed by atoms with Gasteiger partial charge >= 0.3 is 0 Å². The molecule has 0 aliphatic rings. The molecule has 2 aromatic carbocycles. The van der Waals surface area contributed by atoms with Crippen LogP contribution in [0.25, 0.3) is 0 Å². The van der Waals surface area contributed by atoms with Crippen LogP contribution in [0.4, 0.5) is 13.2 Å². The second-order valence-electron chi connectivity index (χ2n) is 5.07. The zero-order valence-electron chi connectivity index (χ0n) is 12.8. The van der Waals surface area contributed by atoms with E-state index in [0.29, 0.717) is 11.8 Å². The molecule has 2 rings (SSSR count). The minimum Gasteiger partial charge on any atom is -0.492 e. The van der Waals surface area contributed by atoms with Gasteiger partial charge in [0.2, 0.25) is 0 Å². The number of ether oxygens (including phenoxy) is 1. The Bertz CT molecular complexity index is 732. The summed E-state index contributed by atoms with van der Waals surface area (Å²) in [5, 5.41) is 2.39. The lowest BCUT2D eigenvalue weighted by Gasteiger charge is -2.10. The number of rotatable bonds is 5. The van der Waals surface area contributed by atoms with Gasteiger partial charge in [-0.2, -0.15) is 0 Å². The maximum absolute atomic E-state index is 13.5. The van der Waals surface area contributed by atoms with E-state index in [9.17, 15) is 18.0 Å². The molecule has 0 bridgehead atoms. The Morgan fingerprint density at radius 1 is 1.04 bits per heavy atom. The van der Waals surface area contributed by atoms with Crippen molar-refractivity contribution in [2.75, 3.05) is 13.2 Å². The van der Waals surface area contributed by atoms with E-state index in [1.165, 1.54) is 0 Å². The second kappa shape index (κ2) is 7.17. The van der Waals surface area contributed by atoms with Gasteiger partial charge in [0.15, 0.2) is 17.5 Å². The Hall–Kier alpha value is -2.50. The fourth-order valence-electron chi connectivity index (χ4n) is 1.93. The Morgan fingerprint density at radius 2 is 1.78 bits per heavy atom. The van der Waals surface area contributed by atoms with Crippen LogP contribution in [0.5, 0.6) is 5.75 Å². The monoisotopic (exact) mass is 323 g/mol. The second-order valence-corrected chi connectivity index (χ2v) is 5.07. The molecule has 0 aliphatic carbocycles. The number of hydrogen-bond donors (Lipinski definition) is 1. The fraction of sp³-hybridized carbons (Fsp3) is 0.235. The first-order chi connectivity index (χ1) is 10.9. The van der Waals surface area contributed by atoms with Crippen molar-refractivity contribution in [2.24, 2.45) is 0 Å². The molecule has 0 saturated heterocycles. The van der Waals surface area contributed by atoms with Crippen LogP contribution in [-0.4, -0.2) is 19.1 Å². The van der Waals surface area contributed by atoms with Crippen molar-refractivity contribution in [3.63, 3.8) is 0 Å². The van der Waals surface area contributed by atoms with Gasteiger partial charge in [0.1, 0.15) is 12.4 Å². The summed E-state index contributed by atoms with van der Waals surface area (Å²) >= 11 is 0. The molecular formula is C17H16F3NO2. The van der Waals surface area contributed by atoms with Gasteiger partial charge in [0.05, 0.1) is 12.1 Å². The Kier molecular flexibility index (Phi) is 5.26. The summed E-state index contributed by atoms with van der Waals surface area (Å²) < 4.78 is 44.8. The first kappa shape index (κ1) is 16.9. The van der Waals surface area contributed by atoms with Gasteiger partial charge in [0.25, 0.3) is 5.91 Å². The highest BCUT2D eigenvalue weighted by Crippen LogP contribution is 2.16. The summed E-state index contributed by atoms with van der Waals surface area (Å²) in [7, 11) is 0. The summed E-state index contributed by atoms with van der Waals surface area (Å²) in [6.45, 7) is 4.20. The Morgan fingerprint density at radius 3 is 2.48 bits per heavy atom. The van der Waals surface area contributed by atoms with Gasteiger partial charge < -0.3 is 10.1 Å². The number of nitrogens with one attached hydrogen (secondary N) is 1. The van der Waals surface area contributed by atoms with Crippen LogP contribution < -0.4 is 10.1 Å². The first-order valence-electron chi connectivity index (χ1n) is 7.02. The molecule has 1 amide bonds. The number of hydrogen-bond acceptors (Lipinski definition) is 2. The molecule has 3 nitrogen and oxygen atoms in total. The van der Waals surface area contributed by atoms with E-state index in [0.717, 1.165) is 17.2 Å². The standard InChI is InChI=1S/C17H16F3NO2/c1-10-3-4-12(9-11(10)2)23-8-7-21-17(22)13-5-6-14(18)16(20)15(13)19/h3-6,9H,7-8H2,1-2H3,(H,21,22). The topological polar surface area (TPSA) is 38.3 Å². The molecule has 23 heavy (non-hydrogen) atoms. The minimum atomic E-state index is -1.66. The minimum absolute atomic E-state index is 0.101. The molecule has 0 heterocycles. The van der Waals surface area contributed by atoms with Crippen LogP contribution in [-0.2, 0) is 0 Å². The fourth-order valence-corrected chi connectivity index (χ4v) is 1.93. The van der Waals surface area contributed by atoms with Crippen molar-refractivity contribution in [1.82, 2.24) is 5.32 Å². The largest absolute Gasteiger partial charge is 0.492 e. The van der Waals surface area contributed by atoms with Crippen molar-refractivity contribution in [1.29, 1.82) is 0 Å². The van der Waals surface area contributed by atoms with E-state index in [1.807, 2.05) is 26.0 Å². The summed E-state index contributed by atoms with van der Waals surface area (Å²) in [5.41, 5.74) is 1.67. The zero-order valence-corrected chi connectivity index (χ0v) is 12.8. The summed E-state index contributed by atoms with van der Waals surface area (Å²) in [6.07, 6.45) is 0. The van der Waals surface area contributed by atoms with Crippen molar-refractivity contribution in [2.45, 2.75) is 13.8 Å². The average Bonchev–Trinajstić information content (AvgIpc) is 2.52. The highest BCUT2D eigenvalue weighted by Gasteiger charge is 2.18. The average molecular weight is 323 g/mol. The number of halogens is 3. The number of carbonyl (C=O) groups excluding carboxylic acids is 1. The molecule has 6 heteroatoms. The lowest BCUT2D eigenvalue weighted by molar-refractivity contribution is 0.0941. The summed E-state index contributed by atoms with van der Waals surface area (Å²) in [4.78, 5) is 11.7. The van der Waals surface area contributed by atoms with Crippen LogP contribution in [0.3, 0.4) is 0 Å². The molecular weight excluding hydrogens is 307 g/mol. The highest BCUT2D eigenvalue weighted by atomic mass is 19.2. The normalized spacial score (nSPS) is 10.5. The van der Waals surface area contributed by atoms with Crippen LogP contribution >= 0.6 is 0 Å². The Balaban J connectivity index is 1.88. The third-order valence-corrected chi connectivity index (χ3v) is 3.41. The zero-order chi connectivity index (χ0) is 17.0. The van der Waals surface area contributed by atoms with Gasteiger partial charge in [-0.15, -0.1) is 0 Å². The van der Waals surface area contributed by atoms with Gasteiger partial charge in [-0.1, -0.05) is 6.07 Å². The summed E-state index contributed by atoms with van der Waals surface area (Å²) in [5.74, 6) is -4.68. The van der Waals surface area contributed by atoms with Gasteiger partial charge in [-0.3, -0.25) is 4.79 Å². The van der Waals surface area contributed by atoms with E-state index < -0.39 is 28.9 Å². The predicted molar refractivity (Wildman–Crippen MR) is 80.1 cm³/mol. The van der Waals surface area contributed by atoms with E-state index >= 15 is 0 Å². The number of benzene rings is 2. The third kappa shape index (κ3) is 4.03. The molecule has 0 saturated carbocycles. The lowest BCUT2D eigenvalue weighted by atomic mass is 10.1. The maximum atomic E-state index is 13.5. The van der Waals surface area contributed by atoms with Crippen molar-refractivity contribution in [3.8, 4) is 5.75 Å². The number of amides is 1. The number of aryl methyl sites for hydroxylation is 2. The van der Waals surface area contributed by atoms with E-state index in [1.54, 1.807) is 6.07 Å². The van der Waals surface area contributed by atoms with Crippen LogP contribution in [0.2, 0.25) is 0 Å². The molecule has 0 fully saturated rings. The Labute approximate surface area is 132 Å². The summed E-state index contributed by atoms with van der Waals surface area (Å²) in [6, 6.07) is 7.19. The van der Waals surface area contributed by atoms with Crippen LogP contribution in [0.15, 0.2) is 30.3 Å². The first-order valence-corrected chi connectivity index (χ1v) is 7.02. The quantitative estimate of drug-likeness (QED) is 0.675. The molecule has 1 N–H and O–H groups in total. The lowest BCUT2D eigenvalue weighted by Crippen LogP contribution is -2.29. The van der Waals surface area contributed by atoms with Crippen molar-refractivity contribution >= 4 is 5.91 Å². The van der Waals surface area contributed by atoms with Crippen LogP contribution in [0, 0.1) is 31.3 Å². The molecule has 0 aromatic heterocycles. The smallest absolute Gasteiger partial charge is 0.254 e. The molecule has 2 aromatic rings. The predicted octanol–water partition coefficient (Wildman–Crippen LogP) is 3.53. The molecule has 0 aliphatic heterocycles. The van der Waals surface area contributed by atoms with E-state index in [-0.39, 0.29) is 13.2 Å². The van der Waals surface area contributed by atoms with Gasteiger partial charge in [-0.05, 0) is 49.2 Å². The molecule has 0 radical (unpaired) electrons. The van der Waals surface area contributed by atoms with Gasteiger partial charge in [-0.25, -0.2) is 13.2 Å². The highest BCUT2D eigenvalue weighted by molar-refractivity contribution is 5.94. The van der Waals surface area contributed by atoms with E-state index in [4.69, 9.17) is 4.74 Å². The van der Waals surface area contributed by atoms with Crippen molar-refractivity contribution in [3.05, 3.63) is 64.5 Å². The van der Waals surface area contributed by atoms with Gasteiger partial charge in [0, 0.05) is 0 Å². The number of carbonyl (C=O) groups is 1. The van der Waals surface area contributed by atoms with E-state index in [2.05, 4.69) is 5.32 Å². The molecule has 122 valence electrons. The molecule has 0 spiro atoms. The van der Waals surface area contributed by atoms with Crippen LogP contribution in [0.1, 0.15) is 21.5 Å². The SMILES string of the molecule is Cc1ccc(OCCNC(=O)c2ccc(F)c(F)c2F)cc1C. The molecule has 0 unspecified atom stereocenters. The maximum Gasteiger partial charge on any atom is 0.254 e. The molecule has 0 atom stereocenters. The third-order valence-electron chi connectivity index (χ3n) is 3.41.